The monoisotopic (exact) mass is 510 g/mol. The van der Waals surface area contributed by atoms with Gasteiger partial charge in [-0.3, -0.25) is 4.72 Å². The molecule has 4 rings (SSSR count). The lowest BCUT2D eigenvalue weighted by molar-refractivity contribution is 0.432. The molecule has 2 unspecified atom stereocenters. The summed E-state index contributed by atoms with van der Waals surface area (Å²) >= 11 is 5.43. The fraction of sp³-hybridized carbons (Fsp3) is 0.296. The third kappa shape index (κ3) is 5.86. The highest BCUT2D eigenvalue weighted by molar-refractivity contribution is 7.91. The summed E-state index contributed by atoms with van der Waals surface area (Å²) in [6.07, 6.45) is 3.43. The van der Waals surface area contributed by atoms with Crippen molar-refractivity contribution in [2.45, 2.75) is 49.7 Å². The number of thiocarbonyl (C=S) groups is 1. The molecule has 3 aromatic rings. The first-order valence-electron chi connectivity index (χ1n) is 11.6. The van der Waals surface area contributed by atoms with Crippen LogP contribution >= 0.6 is 20.1 Å². The van der Waals surface area contributed by atoms with E-state index in [9.17, 15) is 8.42 Å². The molecule has 0 amide bonds. The molecular weight excluding hydrogens is 479 g/mol. The van der Waals surface area contributed by atoms with E-state index >= 15 is 0 Å². The number of aryl methyl sites for hydroxylation is 1. The molecule has 178 valence electrons. The van der Waals surface area contributed by atoms with Crippen molar-refractivity contribution >= 4 is 45.9 Å². The molecule has 0 radical (unpaired) electrons. The molecule has 0 heterocycles. The van der Waals surface area contributed by atoms with Crippen LogP contribution in [0.25, 0.3) is 0 Å². The van der Waals surface area contributed by atoms with Crippen LogP contribution in [-0.2, 0) is 10.0 Å². The van der Waals surface area contributed by atoms with Crippen LogP contribution in [-0.4, -0.2) is 25.2 Å². The van der Waals surface area contributed by atoms with Gasteiger partial charge in [-0.1, -0.05) is 84.8 Å². The number of rotatable bonds is 7. The van der Waals surface area contributed by atoms with Gasteiger partial charge in [-0.15, -0.1) is 0 Å². The Hall–Kier alpha value is -2.27. The average Bonchev–Trinajstić information content (AvgIpc) is 3.30. The van der Waals surface area contributed by atoms with Gasteiger partial charge in [0.15, 0.2) is 5.11 Å². The molecule has 3 atom stereocenters. The minimum atomic E-state index is -3.71. The summed E-state index contributed by atoms with van der Waals surface area (Å²) in [6, 6.07) is 28.4. The number of sulfonamides is 1. The molecule has 0 bridgehead atoms. The molecule has 3 aromatic carbocycles. The van der Waals surface area contributed by atoms with Crippen LogP contribution in [0.1, 0.15) is 31.7 Å². The maximum absolute atomic E-state index is 12.8. The highest BCUT2D eigenvalue weighted by Gasteiger charge is 2.38. The van der Waals surface area contributed by atoms with Gasteiger partial charge in [0.25, 0.3) is 10.0 Å². The Bertz CT molecular complexity index is 1160. The summed E-state index contributed by atoms with van der Waals surface area (Å²) in [5.74, 6) is 0.397. The smallest absolute Gasteiger partial charge is 0.263 e. The van der Waals surface area contributed by atoms with Crippen molar-refractivity contribution in [3.05, 3.63) is 90.5 Å². The molecule has 1 aliphatic rings. The zero-order valence-corrected chi connectivity index (χ0v) is 22.0. The predicted molar refractivity (Wildman–Crippen MR) is 147 cm³/mol. The first-order chi connectivity index (χ1) is 16.3. The average molecular weight is 511 g/mol. The van der Waals surface area contributed by atoms with Gasteiger partial charge in [0.05, 0.1) is 4.90 Å². The van der Waals surface area contributed by atoms with Gasteiger partial charge in [-0.25, -0.2) is 8.42 Å². The maximum atomic E-state index is 12.8. The van der Waals surface area contributed by atoms with Crippen molar-refractivity contribution in [2.24, 2.45) is 5.92 Å². The summed E-state index contributed by atoms with van der Waals surface area (Å²) in [6.45, 7) is 4.05. The maximum Gasteiger partial charge on any atom is 0.263 e. The van der Waals surface area contributed by atoms with Crippen molar-refractivity contribution in [1.29, 1.82) is 0 Å². The third-order valence-electron chi connectivity index (χ3n) is 6.49. The van der Waals surface area contributed by atoms with Crippen molar-refractivity contribution in [3.63, 3.8) is 0 Å². The topological polar surface area (TPSA) is 58.2 Å². The molecule has 1 fully saturated rings. The Labute approximate surface area is 210 Å². The van der Waals surface area contributed by atoms with E-state index in [1.54, 1.807) is 24.3 Å². The molecule has 2 N–H and O–H groups in total. The molecule has 7 heteroatoms. The molecule has 1 aliphatic carbocycles. The van der Waals surface area contributed by atoms with Crippen molar-refractivity contribution in [3.8, 4) is 0 Å². The van der Waals surface area contributed by atoms with Crippen LogP contribution in [0, 0.1) is 12.8 Å². The molecule has 0 spiro atoms. The molecule has 0 saturated heterocycles. The Morgan fingerprint density at radius 3 is 2.03 bits per heavy atom. The predicted octanol–water partition coefficient (Wildman–Crippen LogP) is 4.84. The van der Waals surface area contributed by atoms with Gasteiger partial charge < -0.3 is 5.32 Å². The van der Waals surface area contributed by atoms with Crippen molar-refractivity contribution < 1.29 is 8.42 Å². The van der Waals surface area contributed by atoms with Crippen LogP contribution in [0.15, 0.2) is 89.8 Å². The van der Waals surface area contributed by atoms with E-state index in [-0.39, 0.29) is 16.0 Å². The van der Waals surface area contributed by atoms with Gasteiger partial charge in [-0.2, -0.15) is 0 Å². The van der Waals surface area contributed by atoms with E-state index in [0.717, 1.165) is 18.4 Å². The zero-order valence-electron chi connectivity index (χ0n) is 19.5. The minimum Gasteiger partial charge on any atom is -0.359 e. The quantitative estimate of drug-likeness (QED) is 0.353. The highest BCUT2D eigenvalue weighted by atomic mass is 32.2. The zero-order chi connectivity index (χ0) is 24.1. The standard InChI is InChI=1S/C27H31N2O2PS2/c1-20-16-18-24(19-17-20)34(30,31)29-27(33)28-21(2)25-14-9-15-26(25)32(22-10-5-3-6-11-22)23-12-7-4-8-13-23/h3-8,10-13,16-19,21,25-26H,9,14-15H2,1-2H3,(H2,28,29,33)/t21-,25?,26?/m1/s1. The number of hydrogen-bond acceptors (Lipinski definition) is 3. The van der Waals surface area contributed by atoms with Crippen molar-refractivity contribution in [2.75, 3.05) is 0 Å². The van der Waals surface area contributed by atoms with Crippen LogP contribution < -0.4 is 20.6 Å². The Morgan fingerprint density at radius 1 is 0.912 bits per heavy atom. The second-order valence-electron chi connectivity index (χ2n) is 8.88. The molecule has 1 saturated carbocycles. The van der Waals surface area contributed by atoms with Crippen LogP contribution in [0.3, 0.4) is 0 Å². The van der Waals surface area contributed by atoms with Crippen molar-refractivity contribution in [1.82, 2.24) is 10.0 Å². The molecule has 34 heavy (non-hydrogen) atoms. The van der Waals surface area contributed by atoms with Crippen LogP contribution in [0.5, 0.6) is 0 Å². The van der Waals surface area contributed by atoms with Gasteiger partial charge >= 0.3 is 0 Å². The van der Waals surface area contributed by atoms with Gasteiger partial charge in [0.2, 0.25) is 0 Å². The molecular formula is C27H31N2O2PS2. The lowest BCUT2D eigenvalue weighted by Gasteiger charge is -2.34. The molecule has 0 aliphatic heterocycles. The number of benzene rings is 3. The van der Waals surface area contributed by atoms with Gasteiger partial charge in [-0.05, 0) is 81.1 Å². The summed E-state index contributed by atoms with van der Waals surface area (Å²) in [5, 5.41) is 6.22. The molecule has 4 nitrogen and oxygen atoms in total. The number of hydrogen-bond donors (Lipinski definition) is 2. The second kappa shape index (κ2) is 11.0. The lowest BCUT2D eigenvalue weighted by Crippen LogP contribution is -2.47. The van der Waals surface area contributed by atoms with Gasteiger partial charge in [0.1, 0.15) is 0 Å². The Kier molecular flexibility index (Phi) is 8.02. The minimum absolute atomic E-state index is 0.0538. The van der Waals surface area contributed by atoms with E-state index in [4.69, 9.17) is 12.2 Å². The fourth-order valence-corrected chi connectivity index (χ4v) is 9.54. The highest BCUT2D eigenvalue weighted by Crippen LogP contribution is 2.50. The van der Waals surface area contributed by atoms with Crippen LogP contribution in [0.4, 0.5) is 0 Å². The molecule has 0 aromatic heterocycles. The largest absolute Gasteiger partial charge is 0.359 e. The summed E-state index contributed by atoms with van der Waals surface area (Å²) in [4.78, 5) is 0.213. The van der Waals surface area contributed by atoms with E-state index < -0.39 is 17.9 Å². The fourth-order valence-electron chi connectivity index (χ4n) is 4.82. The van der Waals surface area contributed by atoms with E-state index in [1.807, 2.05) is 6.92 Å². The summed E-state index contributed by atoms with van der Waals surface area (Å²) in [7, 11) is -4.25. The first-order valence-corrected chi connectivity index (χ1v) is 14.9. The van der Waals surface area contributed by atoms with Crippen LogP contribution in [0.2, 0.25) is 0 Å². The van der Waals surface area contributed by atoms with E-state index in [2.05, 4.69) is 77.6 Å². The summed E-state index contributed by atoms with van der Waals surface area (Å²) in [5.41, 5.74) is 1.51. The third-order valence-corrected chi connectivity index (χ3v) is 11.2. The number of nitrogens with one attached hydrogen (secondary N) is 2. The normalized spacial score (nSPS) is 19.0. The Balaban J connectivity index is 1.50. The first kappa shape index (κ1) is 24.8. The van der Waals surface area contributed by atoms with Gasteiger partial charge in [0, 0.05) is 6.04 Å². The lowest BCUT2D eigenvalue weighted by atomic mass is 9.99. The van der Waals surface area contributed by atoms with E-state index in [0.29, 0.717) is 11.6 Å². The SMILES string of the molecule is Cc1ccc(S(=O)(=O)NC(=S)N[C@H](C)C2CCCC2P(c2ccccc2)c2ccccc2)cc1. The van der Waals surface area contributed by atoms with E-state index in [1.165, 1.54) is 17.0 Å². The second-order valence-corrected chi connectivity index (χ2v) is 13.4. The Morgan fingerprint density at radius 2 is 1.47 bits per heavy atom. The summed E-state index contributed by atoms with van der Waals surface area (Å²) < 4.78 is 28.1.